The van der Waals surface area contributed by atoms with Crippen LogP contribution >= 0.6 is 0 Å². The Morgan fingerprint density at radius 2 is 2.32 bits per heavy atom. The Balaban J connectivity index is 2.15. The molecule has 0 bridgehead atoms. The van der Waals surface area contributed by atoms with E-state index in [1.807, 2.05) is 0 Å². The molecular weight excluding hydrogens is 242 g/mol. The highest BCUT2D eigenvalue weighted by Gasteiger charge is 2.22. The SMILES string of the molecule is NCC1CCCn2c1nc(-c1ccncn1)cc2=O. The van der Waals surface area contributed by atoms with Gasteiger partial charge < -0.3 is 5.73 Å². The van der Waals surface area contributed by atoms with E-state index < -0.39 is 0 Å². The molecule has 98 valence electrons. The lowest BCUT2D eigenvalue weighted by molar-refractivity contribution is 0.429. The van der Waals surface area contributed by atoms with Crippen LogP contribution in [-0.2, 0) is 6.54 Å². The van der Waals surface area contributed by atoms with Crippen molar-refractivity contribution < 1.29 is 0 Å². The monoisotopic (exact) mass is 257 g/mol. The first-order valence-corrected chi connectivity index (χ1v) is 6.38. The fraction of sp³-hybridized carbons (Fsp3) is 0.385. The lowest BCUT2D eigenvalue weighted by Gasteiger charge is -2.24. The van der Waals surface area contributed by atoms with Gasteiger partial charge in [0.15, 0.2) is 0 Å². The second-order valence-corrected chi connectivity index (χ2v) is 4.66. The summed E-state index contributed by atoms with van der Waals surface area (Å²) in [6, 6.07) is 3.28. The number of aromatic nitrogens is 4. The molecule has 6 heteroatoms. The van der Waals surface area contributed by atoms with Crippen LogP contribution in [0.3, 0.4) is 0 Å². The molecule has 0 saturated carbocycles. The summed E-state index contributed by atoms with van der Waals surface area (Å²) in [5.41, 5.74) is 7.01. The van der Waals surface area contributed by atoms with Crippen molar-refractivity contribution in [3.8, 4) is 11.4 Å². The molecule has 2 aromatic heterocycles. The third kappa shape index (κ3) is 2.15. The molecule has 1 atom stereocenters. The van der Waals surface area contributed by atoms with E-state index >= 15 is 0 Å². The minimum absolute atomic E-state index is 0.0308. The summed E-state index contributed by atoms with van der Waals surface area (Å²) in [7, 11) is 0. The van der Waals surface area contributed by atoms with Crippen LogP contribution in [0, 0.1) is 0 Å². The summed E-state index contributed by atoms with van der Waals surface area (Å²) >= 11 is 0. The predicted octanol–water partition coefficient (Wildman–Crippen LogP) is 0.536. The molecule has 1 unspecified atom stereocenters. The molecule has 2 N–H and O–H groups in total. The Bertz CT molecular complexity index is 637. The molecule has 2 aromatic rings. The van der Waals surface area contributed by atoms with Crippen molar-refractivity contribution in [1.82, 2.24) is 19.5 Å². The molecular formula is C13H15N5O. The highest BCUT2D eigenvalue weighted by molar-refractivity contribution is 5.52. The Kier molecular flexibility index (Phi) is 3.08. The average molecular weight is 257 g/mol. The summed E-state index contributed by atoms with van der Waals surface area (Å²) in [5.74, 6) is 0.943. The summed E-state index contributed by atoms with van der Waals surface area (Å²) < 4.78 is 1.73. The molecule has 0 aromatic carbocycles. The maximum Gasteiger partial charge on any atom is 0.254 e. The maximum atomic E-state index is 12.2. The van der Waals surface area contributed by atoms with Crippen LogP contribution in [0.4, 0.5) is 0 Å². The zero-order valence-corrected chi connectivity index (χ0v) is 10.5. The largest absolute Gasteiger partial charge is 0.330 e. The first-order chi connectivity index (χ1) is 9.29. The van der Waals surface area contributed by atoms with Gasteiger partial charge in [0, 0.05) is 31.3 Å². The molecule has 0 fully saturated rings. The zero-order chi connectivity index (χ0) is 13.2. The molecule has 1 aliphatic heterocycles. The molecule has 19 heavy (non-hydrogen) atoms. The quantitative estimate of drug-likeness (QED) is 0.848. The second-order valence-electron chi connectivity index (χ2n) is 4.66. The lowest BCUT2D eigenvalue weighted by atomic mass is 9.98. The van der Waals surface area contributed by atoms with E-state index in [1.165, 1.54) is 12.4 Å². The molecule has 1 aliphatic rings. The van der Waals surface area contributed by atoms with Crippen LogP contribution in [0.5, 0.6) is 0 Å². The molecule has 0 saturated heterocycles. The van der Waals surface area contributed by atoms with E-state index in [0.717, 1.165) is 25.2 Å². The van der Waals surface area contributed by atoms with Gasteiger partial charge in [0.05, 0.1) is 11.4 Å². The second kappa shape index (κ2) is 4.89. The molecule has 0 aliphatic carbocycles. The van der Waals surface area contributed by atoms with Crippen molar-refractivity contribution in [3.05, 3.63) is 40.8 Å². The predicted molar refractivity (Wildman–Crippen MR) is 70.6 cm³/mol. The Labute approximate surface area is 110 Å². The number of nitrogens with zero attached hydrogens (tertiary/aromatic N) is 4. The van der Waals surface area contributed by atoms with E-state index in [4.69, 9.17) is 5.73 Å². The summed E-state index contributed by atoms with van der Waals surface area (Å²) in [5, 5.41) is 0. The topological polar surface area (TPSA) is 86.7 Å². The first-order valence-electron chi connectivity index (χ1n) is 6.38. The van der Waals surface area contributed by atoms with Crippen LogP contribution in [0.25, 0.3) is 11.4 Å². The highest BCUT2D eigenvalue weighted by atomic mass is 16.1. The first kappa shape index (κ1) is 12.0. The van der Waals surface area contributed by atoms with Gasteiger partial charge in [0.2, 0.25) is 0 Å². The molecule has 0 radical (unpaired) electrons. The van der Waals surface area contributed by atoms with Crippen molar-refractivity contribution in [3.63, 3.8) is 0 Å². The summed E-state index contributed by atoms with van der Waals surface area (Å²) in [4.78, 5) is 24.8. The van der Waals surface area contributed by atoms with Gasteiger partial charge in [-0.05, 0) is 18.9 Å². The Morgan fingerprint density at radius 1 is 1.42 bits per heavy atom. The van der Waals surface area contributed by atoms with Crippen molar-refractivity contribution in [2.24, 2.45) is 5.73 Å². The smallest absolute Gasteiger partial charge is 0.254 e. The van der Waals surface area contributed by atoms with Gasteiger partial charge in [0.1, 0.15) is 12.2 Å². The molecule has 3 rings (SSSR count). The van der Waals surface area contributed by atoms with E-state index in [9.17, 15) is 4.79 Å². The van der Waals surface area contributed by atoms with Crippen LogP contribution in [-0.4, -0.2) is 26.1 Å². The van der Waals surface area contributed by atoms with E-state index in [0.29, 0.717) is 17.9 Å². The van der Waals surface area contributed by atoms with Gasteiger partial charge in [-0.2, -0.15) is 0 Å². The van der Waals surface area contributed by atoms with Gasteiger partial charge in [-0.1, -0.05) is 0 Å². The van der Waals surface area contributed by atoms with E-state index in [1.54, 1.807) is 16.8 Å². The minimum atomic E-state index is -0.0308. The van der Waals surface area contributed by atoms with Gasteiger partial charge >= 0.3 is 0 Å². The molecule has 3 heterocycles. The average Bonchev–Trinajstić information content (AvgIpc) is 2.47. The van der Waals surface area contributed by atoms with Crippen molar-refractivity contribution in [2.45, 2.75) is 25.3 Å². The third-order valence-corrected chi connectivity index (χ3v) is 3.47. The number of fused-ring (bicyclic) bond motifs is 1. The van der Waals surface area contributed by atoms with Gasteiger partial charge in [-0.3, -0.25) is 9.36 Å². The zero-order valence-electron chi connectivity index (χ0n) is 10.5. The van der Waals surface area contributed by atoms with Crippen LogP contribution in [0.15, 0.2) is 29.5 Å². The van der Waals surface area contributed by atoms with Crippen molar-refractivity contribution in [1.29, 1.82) is 0 Å². The van der Waals surface area contributed by atoms with Gasteiger partial charge in [-0.15, -0.1) is 0 Å². The normalized spacial score (nSPS) is 18.1. The Morgan fingerprint density at radius 3 is 3.05 bits per heavy atom. The Hall–Kier alpha value is -2.08. The molecule has 0 spiro atoms. The van der Waals surface area contributed by atoms with Crippen molar-refractivity contribution in [2.75, 3.05) is 6.54 Å². The van der Waals surface area contributed by atoms with Gasteiger partial charge in [-0.25, -0.2) is 15.0 Å². The maximum absolute atomic E-state index is 12.2. The van der Waals surface area contributed by atoms with Crippen LogP contribution in [0.2, 0.25) is 0 Å². The van der Waals surface area contributed by atoms with Gasteiger partial charge in [0.25, 0.3) is 5.56 Å². The summed E-state index contributed by atoms with van der Waals surface area (Å²) in [6.45, 7) is 1.24. The number of nitrogens with two attached hydrogens (primary N) is 1. The van der Waals surface area contributed by atoms with Crippen LogP contribution < -0.4 is 11.3 Å². The number of hydrogen-bond acceptors (Lipinski definition) is 5. The number of hydrogen-bond donors (Lipinski definition) is 1. The summed E-state index contributed by atoms with van der Waals surface area (Å²) in [6.07, 6.45) is 5.05. The van der Waals surface area contributed by atoms with E-state index in [2.05, 4.69) is 15.0 Å². The number of rotatable bonds is 2. The highest BCUT2D eigenvalue weighted by Crippen LogP contribution is 2.24. The minimum Gasteiger partial charge on any atom is -0.330 e. The fourth-order valence-electron chi connectivity index (χ4n) is 2.48. The lowest BCUT2D eigenvalue weighted by Crippen LogP contribution is -2.32. The van der Waals surface area contributed by atoms with Crippen LogP contribution in [0.1, 0.15) is 24.6 Å². The van der Waals surface area contributed by atoms with Crippen molar-refractivity contribution >= 4 is 0 Å². The molecule has 0 amide bonds. The standard InChI is InChI=1S/C13H15N5O/c14-7-9-2-1-5-18-12(19)6-11(17-13(9)18)10-3-4-15-8-16-10/h3-4,6,8-9H,1-2,5,7,14H2. The third-order valence-electron chi connectivity index (χ3n) is 3.47. The fourth-order valence-corrected chi connectivity index (χ4v) is 2.48. The van der Waals surface area contributed by atoms with E-state index in [-0.39, 0.29) is 11.5 Å². The molecule has 6 nitrogen and oxygen atoms in total.